The molecule has 2 aromatic rings. The van der Waals surface area contributed by atoms with Crippen molar-refractivity contribution in [1.82, 2.24) is 19.9 Å². The van der Waals surface area contributed by atoms with Gasteiger partial charge >= 0.3 is 0 Å². The summed E-state index contributed by atoms with van der Waals surface area (Å²) in [5.41, 5.74) is 0.429. The molecule has 1 amide bonds. The molecule has 7 heteroatoms. The fourth-order valence-corrected chi connectivity index (χ4v) is 3.17. The molecule has 0 N–H and O–H groups in total. The molecule has 132 valence electrons. The normalized spacial score (nSPS) is 21.5. The first kappa shape index (κ1) is 16.2. The van der Waals surface area contributed by atoms with E-state index in [1.807, 2.05) is 7.05 Å². The molecule has 0 radical (unpaired) electrons. The van der Waals surface area contributed by atoms with E-state index in [-0.39, 0.29) is 24.2 Å². The van der Waals surface area contributed by atoms with Gasteiger partial charge in [-0.1, -0.05) is 23.4 Å². The Labute approximate surface area is 145 Å². The second-order valence-corrected chi connectivity index (χ2v) is 6.87. The lowest BCUT2D eigenvalue weighted by atomic mass is 10.1. The van der Waals surface area contributed by atoms with Gasteiger partial charge in [0, 0.05) is 25.6 Å². The molecule has 0 bridgehead atoms. The van der Waals surface area contributed by atoms with Gasteiger partial charge in [0.15, 0.2) is 5.82 Å². The Kier molecular flexibility index (Phi) is 4.25. The maximum absolute atomic E-state index is 13.8. The second kappa shape index (κ2) is 6.55. The van der Waals surface area contributed by atoms with Crippen LogP contribution in [0.3, 0.4) is 0 Å². The van der Waals surface area contributed by atoms with Crippen LogP contribution >= 0.6 is 0 Å². The highest BCUT2D eigenvalue weighted by atomic mass is 19.1. The number of hydrogen-bond acceptors (Lipinski definition) is 5. The van der Waals surface area contributed by atoms with E-state index in [0.717, 1.165) is 19.4 Å². The minimum absolute atomic E-state index is 0.0721. The highest BCUT2D eigenvalue weighted by Crippen LogP contribution is 2.39. The molecule has 4 rings (SSSR count). The molecule has 1 aromatic carbocycles. The van der Waals surface area contributed by atoms with Gasteiger partial charge in [-0.3, -0.25) is 9.69 Å². The van der Waals surface area contributed by atoms with Crippen LogP contribution in [0.5, 0.6) is 0 Å². The Bertz CT molecular complexity index is 774. The van der Waals surface area contributed by atoms with E-state index in [1.165, 1.54) is 6.07 Å². The largest absolute Gasteiger partial charge is 0.339 e. The highest BCUT2D eigenvalue weighted by Gasteiger charge is 2.34. The van der Waals surface area contributed by atoms with Crippen molar-refractivity contribution in [2.75, 3.05) is 26.7 Å². The average Bonchev–Trinajstić information content (AvgIpc) is 3.35. The molecule has 1 aliphatic heterocycles. The zero-order valence-electron chi connectivity index (χ0n) is 14.2. The number of nitrogens with zero attached hydrogens (tertiary/aromatic N) is 4. The van der Waals surface area contributed by atoms with E-state index in [2.05, 4.69) is 15.0 Å². The molecule has 1 atom stereocenters. The lowest BCUT2D eigenvalue weighted by Crippen LogP contribution is -2.49. The maximum Gasteiger partial charge on any atom is 0.229 e. The summed E-state index contributed by atoms with van der Waals surface area (Å²) in [6.45, 7) is 1.84. The summed E-state index contributed by atoms with van der Waals surface area (Å²) >= 11 is 0. The number of benzene rings is 1. The first-order valence-corrected chi connectivity index (χ1v) is 8.66. The average molecular weight is 344 g/mol. The standard InChI is InChI=1S/C18H21FN4O2/c1-22-8-9-23(16(24)10-13-4-2-3-5-14(13)19)11-15(22)17-20-18(25-21-17)12-6-7-12/h2-5,12,15H,6-11H2,1H3/t15-/m0/s1. The van der Waals surface area contributed by atoms with Crippen molar-refractivity contribution in [2.24, 2.45) is 0 Å². The van der Waals surface area contributed by atoms with Gasteiger partial charge < -0.3 is 9.42 Å². The number of likely N-dealkylation sites (N-methyl/N-ethyl adjacent to an activating group) is 1. The fourth-order valence-electron chi connectivity index (χ4n) is 3.17. The number of piperazine rings is 1. The molecule has 2 heterocycles. The fraction of sp³-hybridized carbons (Fsp3) is 0.500. The van der Waals surface area contributed by atoms with Gasteiger partial charge in [0.05, 0.1) is 12.5 Å². The first-order chi connectivity index (χ1) is 12.1. The van der Waals surface area contributed by atoms with Crippen LogP contribution in [-0.4, -0.2) is 52.5 Å². The van der Waals surface area contributed by atoms with Gasteiger partial charge in [0.1, 0.15) is 5.82 Å². The van der Waals surface area contributed by atoms with Crippen molar-refractivity contribution in [3.8, 4) is 0 Å². The van der Waals surface area contributed by atoms with E-state index in [0.29, 0.717) is 36.3 Å². The molecule has 2 fully saturated rings. The lowest BCUT2D eigenvalue weighted by molar-refractivity contribution is -0.133. The third-order valence-corrected chi connectivity index (χ3v) is 4.98. The van der Waals surface area contributed by atoms with E-state index >= 15 is 0 Å². The second-order valence-electron chi connectivity index (χ2n) is 6.87. The summed E-state index contributed by atoms with van der Waals surface area (Å²) in [4.78, 5) is 21.0. The molecule has 6 nitrogen and oxygen atoms in total. The zero-order valence-corrected chi connectivity index (χ0v) is 14.2. The van der Waals surface area contributed by atoms with Crippen molar-refractivity contribution in [3.05, 3.63) is 47.4 Å². The van der Waals surface area contributed by atoms with Crippen LogP contribution in [0.4, 0.5) is 4.39 Å². The van der Waals surface area contributed by atoms with Crippen molar-refractivity contribution in [1.29, 1.82) is 0 Å². The quantitative estimate of drug-likeness (QED) is 0.850. The predicted octanol–water partition coefficient (Wildman–Crippen LogP) is 2.14. The minimum Gasteiger partial charge on any atom is -0.339 e. The van der Waals surface area contributed by atoms with E-state index in [4.69, 9.17) is 4.52 Å². The van der Waals surface area contributed by atoms with Crippen molar-refractivity contribution >= 4 is 5.91 Å². The van der Waals surface area contributed by atoms with Crippen LogP contribution in [0.2, 0.25) is 0 Å². The molecule has 1 aliphatic carbocycles. The third kappa shape index (κ3) is 3.42. The summed E-state index contributed by atoms with van der Waals surface area (Å²) < 4.78 is 19.2. The summed E-state index contributed by atoms with van der Waals surface area (Å²) in [6.07, 6.45) is 2.29. The molecule has 1 saturated carbocycles. The Balaban J connectivity index is 1.45. The predicted molar refractivity (Wildman–Crippen MR) is 88.3 cm³/mol. The smallest absolute Gasteiger partial charge is 0.229 e. The van der Waals surface area contributed by atoms with Crippen molar-refractivity contribution in [3.63, 3.8) is 0 Å². The van der Waals surface area contributed by atoms with Crippen molar-refractivity contribution in [2.45, 2.75) is 31.2 Å². The zero-order chi connectivity index (χ0) is 17.4. The van der Waals surface area contributed by atoms with Gasteiger partial charge in [0.25, 0.3) is 0 Å². The lowest BCUT2D eigenvalue weighted by Gasteiger charge is -2.38. The number of carbonyl (C=O) groups is 1. The molecular formula is C18H21FN4O2. The van der Waals surface area contributed by atoms with E-state index in [1.54, 1.807) is 23.1 Å². The van der Waals surface area contributed by atoms with Gasteiger partial charge in [0.2, 0.25) is 11.8 Å². The molecule has 2 aliphatic rings. The molecule has 1 aromatic heterocycles. The van der Waals surface area contributed by atoms with Crippen LogP contribution in [0.15, 0.2) is 28.8 Å². The topological polar surface area (TPSA) is 62.5 Å². The molecule has 1 saturated heterocycles. The van der Waals surface area contributed by atoms with Gasteiger partial charge in [-0.15, -0.1) is 0 Å². The summed E-state index contributed by atoms with van der Waals surface area (Å²) in [5, 5.41) is 4.12. The Morgan fingerprint density at radius 3 is 2.88 bits per heavy atom. The summed E-state index contributed by atoms with van der Waals surface area (Å²) in [6, 6.07) is 6.32. The van der Waals surface area contributed by atoms with Crippen LogP contribution in [0.1, 0.15) is 42.1 Å². The van der Waals surface area contributed by atoms with Gasteiger partial charge in [-0.25, -0.2) is 4.39 Å². The Morgan fingerprint density at radius 2 is 2.12 bits per heavy atom. The first-order valence-electron chi connectivity index (χ1n) is 8.66. The van der Waals surface area contributed by atoms with Gasteiger partial charge in [-0.05, 0) is 31.5 Å². The Morgan fingerprint density at radius 1 is 1.32 bits per heavy atom. The number of amides is 1. The number of halogens is 1. The molecular weight excluding hydrogens is 323 g/mol. The maximum atomic E-state index is 13.8. The Hall–Kier alpha value is -2.28. The number of hydrogen-bond donors (Lipinski definition) is 0. The highest BCUT2D eigenvalue weighted by molar-refractivity contribution is 5.79. The van der Waals surface area contributed by atoms with Crippen LogP contribution in [0.25, 0.3) is 0 Å². The van der Waals surface area contributed by atoms with Crippen LogP contribution < -0.4 is 0 Å². The van der Waals surface area contributed by atoms with E-state index < -0.39 is 0 Å². The number of aromatic nitrogens is 2. The van der Waals surface area contributed by atoms with E-state index in [9.17, 15) is 9.18 Å². The van der Waals surface area contributed by atoms with Crippen molar-refractivity contribution < 1.29 is 13.7 Å². The number of rotatable bonds is 4. The monoisotopic (exact) mass is 344 g/mol. The third-order valence-electron chi connectivity index (χ3n) is 4.98. The van der Waals surface area contributed by atoms with Gasteiger partial charge in [-0.2, -0.15) is 4.98 Å². The summed E-state index contributed by atoms with van der Waals surface area (Å²) in [7, 11) is 2.00. The molecule has 25 heavy (non-hydrogen) atoms. The SMILES string of the molecule is CN1CCN(C(=O)Cc2ccccc2F)C[C@H]1c1noc(C2CC2)n1. The van der Waals surface area contributed by atoms with Crippen LogP contribution in [0, 0.1) is 5.82 Å². The molecule has 0 spiro atoms. The summed E-state index contributed by atoms with van der Waals surface area (Å²) in [5.74, 6) is 1.34. The molecule has 0 unspecified atom stereocenters. The minimum atomic E-state index is -0.339. The number of carbonyl (C=O) groups excluding carboxylic acids is 1. The van der Waals surface area contributed by atoms with Crippen LogP contribution in [-0.2, 0) is 11.2 Å².